The van der Waals surface area contributed by atoms with E-state index in [1.54, 1.807) is 0 Å². The monoisotopic (exact) mass is 283 g/mol. The standard InChI is InChI=1S/C14H21NO3S/c16-9-12-4-2-1-3-10(12)7-15-8-11-5-6-19-13(11)14(17)18/h5-6,10,12,15-16H,1-4,7-9H2,(H,17,18). The Morgan fingerprint density at radius 3 is 2.79 bits per heavy atom. The molecule has 19 heavy (non-hydrogen) atoms. The zero-order valence-corrected chi connectivity index (χ0v) is 11.8. The number of thiophene rings is 1. The van der Waals surface area contributed by atoms with Crippen LogP contribution in [0.5, 0.6) is 0 Å². The second-order valence-corrected chi connectivity index (χ2v) is 6.11. The quantitative estimate of drug-likeness (QED) is 0.749. The molecule has 0 spiro atoms. The maximum Gasteiger partial charge on any atom is 0.346 e. The third-order valence-corrected chi connectivity index (χ3v) is 4.91. The lowest BCUT2D eigenvalue weighted by Crippen LogP contribution is -2.32. The summed E-state index contributed by atoms with van der Waals surface area (Å²) < 4.78 is 0. The Labute approximate surface area is 117 Å². The van der Waals surface area contributed by atoms with Gasteiger partial charge in [0, 0.05) is 13.2 Å². The molecule has 5 heteroatoms. The van der Waals surface area contributed by atoms with Crippen molar-refractivity contribution in [3.63, 3.8) is 0 Å². The van der Waals surface area contributed by atoms with Crippen molar-refractivity contribution in [2.45, 2.75) is 32.2 Å². The summed E-state index contributed by atoms with van der Waals surface area (Å²) in [6.45, 7) is 1.73. The zero-order chi connectivity index (χ0) is 13.7. The second-order valence-electron chi connectivity index (χ2n) is 5.20. The first kappa shape index (κ1) is 14.5. The van der Waals surface area contributed by atoms with E-state index in [1.807, 2.05) is 11.4 Å². The van der Waals surface area contributed by atoms with E-state index in [9.17, 15) is 9.90 Å². The van der Waals surface area contributed by atoms with Gasteiger partial charge in [0.25, 0.3) is 0 Å². The molecule has 1 aromatic heterocycles. The van der Waals surface area contributed by atoms with Crippen molar-refractivity contribution in [2.24, 2.45) is 11.8 Å². The number of aliphatic hydroxyl groups excluding tert-OH is 1. The Morgan fingerprint density at radius 1 is 1.37 bits per heavy atom. The molecule has 2 rings (SSSR count). The molecular weight excluding hydrogens is 262 g/mol. The molecule has 3 N–H and O–H groups in total. The van der Waals surface area contributed by atoms with Crippen LogP contribution in [0.3, 0.4) is 0 Å². The van der Waals surface area contributed by atoms with Gasteiger partial charge in [-0.05, 0) is 48.2 Å². The molecule has 1 saturated carbocycles. The first-order valence-corrected chi connectivity index (χ1v) is 7.71. The van der Waals surface area contributed by atoms with Crippen LogP contribution in [0.1, 0.15) is 40.9 Å². The van der Waals surface area contributed by atoms with Gasteiger partial charge in [0.05, 0.1) is 0 Å². The van der Waals surface area contributed by atoms with Crippen LogP contribution >= 0.6 is 11.3 Å². The minimum Gasteiger partial charge on any atom is -0.477 e. The molecule has 0 saturated heterocycles. The number of nitrogens with one attached hydrogen (secondary N) is 1. The van der Waals surface area contributed by atoms with Crippen molar-refractivity contribution in [1.82, 2.24) is 5.32 Å². The summed E-state index contributed by atoms with van der Waals surface area (Å²) in [5.41, 5.74) is 0.855. The molecule has 1 aliphatic carbocycles. The van der Waals surface area contributed by atoms with E-state index in [0.29, 0.717) is 23.3 Å². The second kappa shape index (κ2) is 7.03. The van der Waals surface area contributed by atoms with Crippen LogP contribution in [0.15, 0.2) is 11.4 Å². The number of carboxylic acid groups (broad SMARTS) is 1. The van der Waals surface area contributed by atoms with Gasteiger partial charge >= 0.3 is 5.97 Å². The van der Waals surface area contributed by atoms with Crippen LogP contribution in [-0.4, -0.2) is 29.3 Å². The summed E-state index contributed by atoms with van der Waals surface area (Å²) in [6.07, 6.45) is 4.73. The Balaban J connectivity index is 1.82. The number of aliphatic hydroxyl groups is 1. The summed E-state index contributed by atoms with van der Waals surface area (Å²) in [5.74, 6) is 0.0750. The molecule has 1 aliphatic rings. The van der Waals surface area contributed by atoms with Crippen LogP contribution < -0.4 is 5.32 Å². The molecule has 0 radical (unpaired) electrons. The van der Waals surface area contributed by atoms with Crippen LogP contribution in [-0.2, 0) is 6.54 Å². The maximum atomic E-state index is 11.0. The molecule has 1 heterocycles. The van der Waals surface area contributed by atoms with Gasteiger partial charge in [-0.1, -0.05) is 12.8 Å². The molecule has 0 amide bonds. The van der Waals surface area contributed by atoms with Crippen molar-refractivity contribution >= 4 is 17.3 Å². The highest BCUT2D eigenvalue weighted by Crippen LogP contribution is 2.29. The van der Waals surface area contributed by atoms with Crippen molar-refractivity contribution in [2.75, 3.05) is 13.2 Å². The highest BCUT2D eigenvalue weighted by molar-refractivity contribution is 7.12. The van der Waals surface area contributed by atoms with Crippen LogP contribution in [0, 0.1) is 11.8 Å². The highest BCUT2D eigenvalue weighted by atomic mass is 32.1. The summed E-state index contributed by atoms with van der Waals surface area (Å²) in [7, 11) is 0. The minimum absolute atomic E-state index is 0.269. The summed E-state index contributed by atoms with van der Waals surface area (Å²) in [6, 6.07) is 1.87. The predicted octanol–water partition coefficient (Wildman–Crippen LogP) is 2.33. The summed E-state index contributed by atoms with van der Waals surface area (Å²) in [5, 5.41) is 23.6. The number of carboxylic acids is 1. The first-order chi connectivity index (χ1) is 9.22. The first-order valence-electron chi connectivity index (χ1n) is 6.83. The van der Waals surface area contributed by atoms with Gasteiger partial charge < -0.3 is 15.5 Å². The largest absolute Gasteiger partial charge is 0.477 e. The van der Waals surface area contributed by atoms with Gasteiger partial charge in [0.2, 0.25) is 0 Å². The van der Waals surface area contributed by atoms with Crippen molar-refractivity contribution in [1.29, 1.82) is 0 Å². The number of rotatable bonds is 6. The molecule has 4 nitrogen and oxygen atoms in total. The van der Waals surface area contributed by atoms with E-state index in [2.05, 4.69) is 5.32 Å². The fraction of sp³-hybridized carbons (Fsp3) is 0.643. The van der Waals surface area contributed by atoms with E-state index in [-0.39, 0.29) is 6.61 Å². The van der Waals surface area contributed by atoms with Gasteiger partial charge in [-0.2, -0.15) is 0 Å². The molecule has 0 aliphatic heterocycles. The van der Waals surface area contributed by atoms with Gasteiger partial charge in [0.1, 0.15) is 4.88 Å². The number of carbonyl (C=O) groups is 1. The third kappa shape index (κ3) is 3.78. The highest BCUT2D eigenvalue weighted by Gasteiger charge is 2.24. The molecule has 1 fully saturated rings. The van der Waals surface area contributed by atoms with Crippen LogP contribution in [0.25, 0.3) is 0 Å². The smallest absolute Gasteiger partial charge is 0.346 e. The molecule has 106 valence electrons. The van der Waals surface area contributed by atoms with E-state index in [1.165, 1.54) is 24.2 Å². The molecule has 2 unspecified atom stereocenters. The Bertz CT molecular complexity index is 419. The molecule has 2 atom stereocenters. The molecule has 1 aromatic rings. The van der Waals surface area contributed by atoms with Gasteiger partial charge in [-0.15, -0.1) is 11.3 Å². The minimum atomic E-state index is -0.849. The lowest BCUT2D eigenvalue weighted by molar-refractivity contribution is 0.0701. The van der Waals surface area contributed by atoms with Crippen LogP contribution in [0.2, 0.25) is 0 Å². The van der Waals surface area contributed by atoms with E-state index < -0.39 is 5.97 Å². The van der Waals surface area contributed by atoms with Gasteiger partial charge in [-0.25, -0.2) is 4.79 Å². The topological polar surface area (TPSA) is 69.6 Å². The number of hydrogen-bond donors (Lipinski definition) is 3. The molecular formula is C14H21NO3S. The van der Waals surface area contributed by atoms with E-state index >= 15 is 0 Å². The zero-order valence-electron chi connectivity index (χ0n) is 11.0. The Hall–Kier alpha value is -0.910. The molecule has 0 aromatic carbocycles. The van der Waals surface area contributed by atoms with Gasteiger partial charge in [0.15, 0.2) is 0 Å². The third-order valence-electron chi connectivity index (χ3n) is 3.96. The van der Waals surface area contributed by atoms with E-state index in [0.717, 1.165) is 24.9 Å². The molecule has 0 bridgehead atoms. The Kier molecular flexibility index (Phi) is 5.36. The average Bonchev–Trinajstić information content (AvgIpc) is 2.88. The summed E-state index contributed by atoms with van der Waals surface area (Å²) >= 11 is 1.27. The fourth-order valence-electron chi connectivity index (χ4n) is 2.85. The number of aromatic carboxylic acids is 1. The number of hydrogen-bond acceptors (Lipinski definition) is 4. The fourth-order valence-corrected chi connectivity index (χ4v) is 3.61. The van der Waals surface area contributed by atoms with Gasteiger partial charge in [-0.3, -0.25) is 0 Å². The van der Waals surface area contributed by atoms with E-state index in [4.69, 9.17) is 5.11 Å². The average molecular weight is 283 g/mol. The van der Waals surface area contributed by atoms with Crippen molar-refractivity contribution in [3.8, 4) is 0 Å². The maximum absolute atomic E-state index is 11.0. The summed E-state index contributed by atoms with van der Waals surface area (Å²) in [4.78, 5) is 11.4. The lowest BCUT2D eigenvalue weighted by atomic mass is 9.79. The van der Waals surface area contributed by atoms with Crippen molar-refractivity contribution < 1.29 is 15.0 Å². The lowest BCUT2D eigenvalue weighted by Gasteiger charge is -2.30. The Morgan fingerprint density at radius 2 is 2.11 bits per heavy atom. The predicted molar refractivity (Wildman–Crippen MR) is 75.5 cm³/mol. The van der Waals surface area contributed by atoms with Crippen LogP contribution in [0.4, 0.5) is 0 Å². The van der Waals surface area contributed by atoms with Crippen molar-refractivity contribution in [3.05, 3.63) is 21.9 Å². The normalized spacial score (nSPS) is 23.4. The SMILES string of the molecule is O=C(O)c1sccc1CNCC1CCCCC1CO.